The summed E-state index contributed by atoms with van der Waals surface area (Å²) in [5.41, 5.74) is -0.481. The fraction of sp³-hybridized carbons (Fsp3) is 0.143. The maximum atomic E-state index is 11.1. The normalized spacial score (nSPS) is 11.2. The van der Waals surface area contributed by atoms with E-state index < -0.39 is 24.6 Å². The first-order valence-electron chi connectivity index (χ1n) is 3.74. The van der Waals surface area contributed by atoms with E-state index in [0.717, 1.165) is 12.1 Å². The Morgan fingerprint density at radius 3 is 2.38 bits per heavy atom. The number of nitrogens with zero attached hydrogens (tertiary/aromatic N) is 1. The standard InChI is InChI=1S/C7H5Cl2NO5S/c1-15-7-5(8)2-4(10(11)12)3-6(7)16(9,13)14/h2-3H,1H3. The molecule has 0 aromatic heterocycles. The molecule has 0 aliphatic heterocycles. The van der Waals surface area contributed by atoms with Crippen LogP contribution in [0.2, 0.25) is 5.02 Å². The van der Waals surface area contributed by atoms with Crippen molar-refractivity contribution >= 4 is 37.0 Å². The maximum Gasteiger partial charge on any atom is 0.272 e. The summed E-state index contributed by atoms with van der Waals surface area (Å²) < 4.78 is 27.0. The molecule has 1 rings (SSSR count). The molecule has 0 saturated heterocycles. The van der Waals surface area contributed by atoms with Gasteiger partial charge in [0, 0.05) is 22.8 Å². The number of non-ortho nitro benzene ring substituents is 1. The van der Waals surface area contributed by atoms with Gasteiger partial charge in [-0.05, 0) is 0 Å². The van der Waals surface area contributed by atoms with Gasteiger partial charge in [-0.2, -0.15) is 0 Å². The van der Waals surface area contributed by atoms with Crippen LogP contribution in [0.1, 0.15) is 0 Å². The van der Waals surface area contributed by atoms with Crippen LogP contribution in [0.15, 0.2) is 17.0 Å². The number of rotatable bonds is 3. The van der Waals surface area contributed by atoms with Gasteiger partial charge in [0.25, 0.3) is 14.7 Å². The van der Waals surface area contributed by atoms with E-state index in [9.17, 15) is 18.5 Å². The molecule has 0 saturated carbocycles. The van der Waals surface area contributed by atoms with Crippen LogP contribution in [0.4, 0.5) is 5.69 Å². The summed E-state index contributed by atoms with van der Waals surface area (Å²) in [5, 5.41) is 10.3. The molecular formula is C7H5Cl2NO5S. The molecule has 0 fully saturated rings. The van der Waals surface area contributed by atoms with Crippen molar-refractivity contribution in [2.24, 2.45) is 0 Å². The molecule has 6 nitrogen and oxygen atoms in total. The van der Waals surface area contributed by atoms with E-state index in [2.05, 4.69) is 0 Å². The topological polar surface area (TPSA) is 86.5 Å². The summed E-state index contributed by atoms with van der Waals surface area (Å²) in [4.78, 5) is 9.19. The van der Waals surface area contributed by atoms with Crippen molar-refractivity contribution in [1.29, 1.82) is 0 Å². The molecule has 0 spiro atoms. The van der Waals surface area contributed by atoms with Gasteiger partial charge in [-0.25, -0.2) is 8.42 Å². The Morgan fingerprint density at radius 1 is 1.44 bits per heavy atom. The molecule has 0 N–H and O–H groups in total. The predicted octanol–water partition coefficient (Wildman–Crippen LogP) is 2.18. The average Bonchev–Trinajstić information content (AvgIpc) is 2.14. The van der Waals surface area contributed by atoms with Gasteiger partial charge >= 0.3 is 0 Å². The Kier molecular flexibility index (Phi) is 3.61. The molecule has 9 heteroatoms. The molecule has 0 radical (unpaired) electrons. The number of ether oxygens (including phenoxy) is 1. The highest BCUT2D eigenvalue weighted by atomic mass is 35.7. The van der Waals surface area contributed by atoms with Crippen molar-refractivity contribution in [3.05, 3.63) is 27.3 Å². The number of halogens is 2. The van der Waals surface area contributed by atoms with Gasteiger partial charge in [0.2, 0.25) is 0 Å². The van der Waals surface area contributed by atoms with E-state index in [1.54, 1.807) is 0 Å². The van der Waals surface area contributed by atoms with E-state index in [-0.39, 0.29) is 10.8 Å². The molecule has 0 bridgehead atoms. The SMILES string of the molecule is COc1c(Cl)cc([N+](=O)[O-])cc1S(=O)(=O)Cl. The number of nitro benzene ring substituents is 1. The molecule has 1 aromatic carbocycles. The summed E-state index contributed by atoms with van der Waals surface area (Å²) >= 11 is 5.63. The second-order valence-electron chi connectivity index (χ2n) is 2.65. The first-order chi connectivity index (χ1) is 7.27. The van der Waals surface area contributed by atoms with Crippen molar-refractivity contribution in [3.63, 3.8) is 0 Å². The van der Waals surface area contributed by atoms with Crippen LogP contribution in [-0.4, -0.2) is 20.5 Å². The second kappa shape index (κ2) is 4.44. The van der Waals surface area contributed by atoms with Gasteiger partial charge in [0.15, 0.2) is 5.75 Å². The van der Waals surface area contributed by atoms with Gasteiger partial charge in [-0.1, -0.05) is 11.6 Å². The lowest BCUT2D eigenvalue weighted by Gasteiger charge is -2.07. The first-order valence-corrected chi connectivity index (χ1v) is 6.42. The van der Waals surface area contributed by atoms with Gasteiger partial charge in [-0.15, -0.1) is 0 Å². The van der Waals surface area contributed by atoms with Crippen LogP contribution >= 0.6 is 22.3 Å². The number of hydrogen-bond donors (Lipinski definition) is 0. The largest absolute Gasteiger partial charge is 0.494 e. The predicted molar refractivity (Wildman–Crippen MR) is 57.7 cm³/mol. The smallest absolute Gasteiger partial charge is 0.272 e. The maximum absolute atomic E-state index is 11.1. The lowest BCUT2D eigenvalue weighted by Crippen LogP contribution is -1.99. The highest BCUT2D eigenvalue weighted by Crippen LogP contribution is 2.37. The third-order valence-corrected chi connectivity index (χ3v) is 3.28. The molecule has 0 aliphatic carbocycles. The number of hydrogen-bond acceptors (Lipinski definition) is 5. The summed E-state index contributed by atoms with van der Waals surface area (Å²) in [6.45, 7) is 0. The molecule has 0 amide bonds. The summed E-state index contributed by atoms with van der Waals surface area (Å²) in [6.07, 6.45) is 0. The third kappa shape index (κ3) is 2.55. The van der Waals surface area contributed by atoms with Crippen molar-refractivity contribution in [2.75, 3.05) is 7.11 Å². The zero-order valence-corrected chi connectivity index (χ0v) is 10.1. The lowest BCUT2D eigenvalue weighted by molar-refractivity contribution is -0.385. The first kappa shape index (κ1) is 13.0. The zero-order chi connectivity index (χ0) is 12.5. The van der Waals surface area contributed by atoms with E-state index >= 15 is 0 Å². The van der Waals surface area contributed by atoms with Crippen LogP contribution in [0.25, 0.3) is 0 Å². The van der Waals surface area contributed by atoms with Crippen LogP contribution in [0, 0.1) is 10.1 Å². The average molecular weight is 286 g/mol. The Bertz CT molecular complexity index is 542. The Hall–Kier alpha value is -1.05. The van der Waals surface area contributed by atoms with Crippen molar-refractivity contribution in [2.45, 2.75) is 4.90 Å². The molecule has 0 atom stereocenters. The molecule has 0 heterocycles. The van der Waals surface area contributed by atoms with Crippen molar-refractivity contribution in [3.8, 4) is 5.75 Å². The van der Waals surface area contributed by atoms with Crippen LogP contribution in [0.3, 0.4) is 0 Å². The minimum Gasteiger partial charge on any atom is -0.494 e. The van der Waals surface area contributed by atoms with E-state index in [1.807, 2.05) is 0 Å². The van der Waals surface area contributed by atoms with E-state index in [4.69, 9.17) is 27.0 Å². The molecule has 0 aliphatic rings. The van der Waals surface area contributed by atoms with Crippen LogP contribution in [0.5, 0.6) is 5.75 Å². The van der Waals surface area contributed by atoms with Crippen molar-refractivity contribution in [1.82, 2.24) is 0 Å². The molecule has 16 heavy (non-hydrogen) atoms. The Balaban J connectivity index is 3.62. The summed E-state index contributed by atoms with van der Waals surface area (Å²) in [6, 6.07) is 1.76. The van der Waals surface area contributed by atoms with E-state index in [0.29, 0.717) is 0 Å². The molecule has 0 unspecified atom stereocenters. The highest BCUT2D eigenvalue weighted by molar-refractivity contribution is 8.13. The van der Waals surface area contributed by atoms with E-state index in [1.165, 1.54) is 7.11 Å². The summed E-state index contributed by atoms with van der Waals surface area (Å²) in [5.74, 6) is -0.220. The quantitative estimate of drug-likeness (QED) is 0.483. The number of benzene rings is 1. The third-order valence-electron chi connectivity index (χ3n) is 1.67. The van der Waals surface area contributed by atoms with Crippen molar-refractivity contribution < 1.29 is 18.1 Å². The van der Waals surface area contributed by atoms with Gasteiger partial charge in [0.1, 0.15) is 4.90 Å². The van der Waals surface area contributed by atoms with Gasteiger partial charge in [-0.3, -0.25) is 10.1 Å². The Labute approximate surface area is 100 Å². The van der Waals surface area contributed by atoms with Crippen LogP contribution < -0.4 is 4.74 Å². The van der Waals surface area contributed by atoms with Crippen LogP contribution in [-0.2, 0) is 9.05 Å². The molecule has 88 valence electrons. The highest BCUT2D eigenvalue weighted by Gasteiger charge is 2.24. The fourth-order valence-electron chi connectivity index (χ4n) is 1.04. The molecule has 1 aromatic rings. The summed E-state index contributed by atoms with van der Waals surface area (Å²) in [7, 11) is 2.12. The monoisotopic (exact) mass is 285 g/mol. The zero-order valence-electron chi connectivity index (χ0n) is 7.81. The fourth-order valence-corrected chi connectivity index (χ4v) is 2.41. The number of nitro groups is 1. The lowest BCUT2D eigenvalue weighted by atomic mass is 10.3. The van der Waals surface area contributed by atoms with Gasteiger partial charge in [0.05, 0.1) is 17.1 Å². The minimum atomic E-state index is -4.17. The van der Waals surface area contributed by atoms with Gasteiger partial charge < -0.3 is 4.74 Å². The minimum absolute atomic E-state index is 0.198. The second-order valence-corrected chi connectivity index (χ2v) is 5.60. The molecular weight excluding hydrogens is 281 g/mol. The Morgan fingerprint density at radius 2 is 2.00 bits per heavy atom. The number of methoxy groups -OCH3 is 1.